The van der Waals surface area contributed by atoms with Crippen LogP contribution in [-0.4, -0.2) is 19.1 Å². The lowest BCUT2D eigenvalue weighted by Crippen LogP contribution is -2.23. The van der Waals surface area contributed by atoms with Crippen LogP contribution in [0, 0.1) is 0 Å². The predicted octanol–water partition coefficient (Wildman–Crippen LogP) is 2.23. The van der Waals surface area contributed by atoms with Crippen molar-refractivity contribution < 1.29 is 9.53 Å². The molecule has 82 valence electrons. The Morgan fingerprint density at radius 2 is 2.20 bits per heavy atom. The van der Waals surface area contributed by atoms with Crippen LogP contribution in [0.3, 0.4) is 0 Å². The number of benzene rings is 1. The Morgan fingerprint density at radius 1 is 1.40 bits per heavy atom. The molecule has 15 heavy (non-hydrogen) atoms. The zero-order valence-electron chi connectivity index (χ0n) is 9.25. The van der Waals surface area contributed by atoms with Crippen molar-refractivity contribution in [2.24, 2.45) is 0 Å². The summed E-state index contributed by atoms with van der Waals surface area (Å²) in [6, 6.07) is 7.22. The van der Waals surface area contributed by atoms with Crippen LogP contribution in [0.5, 0.6) is 5.75 Å². The second-order valence-electron chi connectivity index (χ2n) is 3.22. The van der Waals surface area contributed by atoms with Crippen molar-refractivity contribution in [3.63, 3.8) is 0 Å². The van der Waals surface area contributed by atoms with Gasteiger partial charge in [0.25, 0.3) is 5.91 Å². The third kappa shape index (κ3) is 3.62. The van der Waals surface area contributed by atoms with Crippen LogP contribution in [0.15, 0.2) is 24.3 Å². The van der Waals surface area contributed by atoms with E-state index in [1.54, 1.807) is 12.1 Å². The average molecular weight is 207 g/mol. The summed E-state index contributed by atoms with van der Waals surface area (Å²) in [6.07, 6.45) is 0.941. The summed E-state index contributed by atoms with van der Waals surface area (Å²) >= 11 is 0. The highest BCUT2D eigenvalue weighted by Crippen LogP contribution is 2.12. The Morgan fingerprint density at radius 3 is 2.87 bits per heavy atom. The standard InChI is InChI=1S/C12H17NO2/c1-3-8-13-12(14)10-6-5-7-11(9-10)15-4-2/h5-7,9H,3-4,8H2,1-2H3,(H,13,14). The molecular weight excluding hydrogens is 190 g/mol. The lowest BCUT2D eigenvalue weighted by atomic mass is 10.2. The Kier molecular flexibility index (Phi) is 4.68. The molecule has 0 aliphatic rings. The van der Waals surface area contributed by atoms with Gasteiger partial charge in [-0.15, -0.1) is 0 Å². The molecule has 1 N–H and O–H groups in total. The van der Waals surface area contributed by atoms with Gasteiger partial charge >= 0.3 is 0 Å². The smallest absolute Gasteiger partial charge is 0.251 e. The van der Waals surface area contributed by atoms with Crippen molar-refractivity contribution in [2.75, 3.05) is 13.2 Å². The maximum atomic E-state index is 11.6. The molecule has 1 aromatic rings. The molecule has 0 aliphatic carbocycles. The highest BCUT2D eigenvalue weighted by molar-refractivity contribution is 5.94. The third-order valence-electron chi connectivity index (χ3n) is 1.94. The van der Waals surface area contributed by atoms with E-state index in [1.165, 1.54) is 0 Å². The topological polar surface area (TPSA) is 38.3 Å². The highest BCUT2D eigenvalue weighted by Gasteiger charge is 2.04. The van der Waals surface area contributed by atoms with Gasteiger partial charge in [-0.1, -0.05) is 13.0 Å². The molecular formula is C12H17NO2. The largest absolute Gasteiger partial charge is 0.494 e. The van der Waals surface area contributed by atoms with E-state index in [4.69, 9.17) is 4.74 Å². The first kappa shape index (κ1) is 11.6. The molecule has 0 atom stereocenters. The monoisotopic (exact) mass is 207 g/mol. The van der Waals surface area contributed by atoms with Gasteiger partial charge in [-0.3, -0.25) is 4.79 Å². The lowest BCUT2D eigenvalue weighted by molar-refractivity contribution is 0.0953. The maximum absolute atomic E-state index is 11.6. The molecule has 0 spiro atoms. The van der Waals surface area contributed by atoms with E-state index in [2.05, 4.69) is 5.32 Å². The van der Waals surface area contributed by atoms with Crippen LogP contribution in [-0.2, 0) is 0 Å². The molecule has 1 amide bonds. The molecule has 0 saturated carbocycles. The minimum absolute atomic E-state index is 0.0431. The Balaban J connectivity index is 2.67. The molecule has 0 saturated heterocycles. The number of ether oxygens (including phenoxy) is 1. The predicted molar refractivity (Wildman–Crippen MR) is 60.2 cm³/mol. The normalized spacial score (nSPS) is 9.73. The SMILES string of the molecule is CCCNC(=O)c1cccc(OCC)c1. The van der Waals surface area contributed by atoms with Gasteiger partial charge in [-0.05, 0) is 31.5 Å². The molecule has 0 radical (unpaired) electrons. The van der Waals surface area contributed by atoms with Crippen molar-refractivity contribution in [1.82, 2.24) is 5.32 Å². The van der Waals surface area contributed by atoms with E-state index in [0.717, 1.165) is 12.2 Å². The minimum Gasteiger partial charge on any atom is -0.494 e. The second-order valence-corrected chi connectivity index (χ2v) is 3.22. The van der Waals surface area contributed by atoms with Crippen LogP contribution in [0.25, 0.3) is 0 Å². The molecule has 3 heteroatoms. The van der Waals surface area contributed by atoms with Crippen molar-refractivity contribution in [1.29, 1.82) is 0 Å². The van der Waals surface area contributed by atoms with Crippen LogP contribution in [0.4, 0.5) is 0 Å². The first-order valence-electron chi connectivity index (χ1n) is 5.29. The average Bonchev–Trinajstić information content (AvgIpc) is 2.27. The Bertz CT molecular complexity index is 323. The van der Waals surface area contributed by atoms with Crippen LogP contribution in [0.2, 0.25) is 0 Å². The lowest BCUT2D eigenvalue weighted by Gasteiger charge is -2.06. The fourth-order valence-electron chi connectivity index (χ4n) is 1.23. The summed E-state index contributed by atoms with van der Waals surface area (Å²) in [4.78, 5) is 11.6. The fraction of sp³-hybridized carbons (Fsp3) is 0.417. The summed E-state index contributed by atoms with van der Waals surface area (Å²) < 4.78 is 5.32. The molecule has 0 heterocycles. The van der Waals surface area contributed by atoms with Crippen LogP contribution in [0.1, 0.15) is 30.6 Å². The minimum atomic E-state index is -0.0431. The van der Waals surface area contributed by atoms with Gasteiger partial charge in [0, 0.05) is 12.1 Å². The van der Waals surface area contributed by atoms with E-state index in [0.29, 0.717) is 18.7 Å². The van der Waals surface area contributed by atoms with E-state index < -0.39 is 0 Å². The van der Waals surface area contributed by atoms with Gasteiger partial charge in [0.2, 0.25) is 0 Å². The third-order valence-corrected chi connectivity index (χ3v) is 1.94. The molecule has 0 aliphatic heterocycles. The molecule has 0 aromatic heterocycles. The van der Waals surface area contributed by atoms with Crippen molar-refractivity contribution in [2.45, 2.75) is 20.3 Å². The summed E-state index contributed by atoms with van der Waals surface area (Å²) in [6.45, 7) is 5.26. The maximum Gasteiger partial charge on any atom is 0.251 e. The van der Waals surface area contributed by atoms with Crippen molar-refractivity contribution in [3.05, 3.63) is 29.8 Å². The van der Waals surface area contributed by atoms with Crippen molar-refractivity contribution >= 4 is 5.91 Å². The zero-order valence-corrected chi connectivity index (χ0v) is 9.25. The van der Waals surface area contributed by atoms with Gasteiger partial charge < -0.3 is 10.1 Å². The van der Waals surface area contributed by atoms with Gasteiger partial charge in [0.1, 0.15) is 5.75 Å². The Labute approximate surface area is 90.4 Å². The van der Waals surface area contributed by atoms with Gasteiger partial charge in [0.15, 0.2) is 0 Å². The van der Waals surface area contributed by atoms with E-state index >= 15 is 0 Å². The summed E-state index contributed by atoms with van der Waals surface area (Å²) in [5.41, 5.74) is 0.648. The number of nitrogens with one attached hydrogen (secondary N) is 1. The first-order chi connectivity index (χ1) is 7.27. The van der Waals surface area contributed by atoms with E-state index in [9.17, 15) is 4.79 Å². The summed E-state index contributed by atoms with van der Waals surface area (Å²) in [5, 5.41) is 2.82. The second kappa shape index (κ2) is 6.06. The Hall–Kier alpha value is -1.51. The molecule has 0 fully saturated rings. The summed E-state index contributed by atoms with van der Waals surface area (Å²) in [7, 11) is 0. The quantitative estimate of drug-likeness (QED) is 0.804. The number of carbonyl (C=O) groups is 1. The number of hydrogen-bond donors (Lipinski definition) is 1. The summed E-state index contributed by atoms with van der Waals surface area (Å²) in [5.74, 6) is 0.694. The first-order valence-corrected chi connectivity index (χ1v) is 5.29. The van der Waals surface area contributed by atoms with Crippen molar-refractivity contribution in [3.8, 4) is 5.75 Å². The number of carbonyl (C=O) groups excluding carboxylic acids is 1. The van der Waals surface area contributed by atoms with E-state index in [1.807, 2.05) is 26.0 Å². The molecule has 0 bridgehead atoms. The number of rotatable bonds is 5. The molecule has 0 unspecified atom stereocenters. The molecule has 3 nitrogen and oxygen atoms in total. The number of hydrogen-bond acceptors (Lipinski definition) is 2. The number of amides is 1. The molecule has 1 aromatic carbocycles. The van der Waals surface area contributed by atoms with Crippen LogP contribution < -0.4 is 10.1 Å². The van der Waals surface area contributed by atoms with Crippen LogP contribution >= 0.6 is 0 Å². The van der Waals surface area contributed by atoms with E-state index in [-0.39, 0.29) is 5.91 Å². The zero-order chi connectivity index (χ0) is 11.1. The van der Waals surface area contributed by atoms with Gasteiger partial charge in [-0.2, -0.15) is 0 Å². The highest BCUT2D eigenvalue weighted by atomic mass is 16.5. The van der Waals surface area contributed by atoms with Gasteiger partial charge in [0.05, 0.1) is 6.61 Å². The molecule has 1 rings (SSSR count). The van der Waals surface area contributed by atoms with Gasteiger partial charge in [-0.25, -0.2) is 0 Å². The fourth-order valence-corrected chi connectivity index (χ4v) is 1.23.